The first kappa shape index (κ1) is 40.4. The second kappa shape index (κ2) is 18.0. The predicted molar refractivity (Wildman–Crippen MR) is 273 cm³/mol. The van der Waals surface area contributed by atoms with Crippen LogP contribution in [0.25, 0.3) is 44.5 Å². The highest BCUT2D eigenvalue weighted by molar-refractivity contribution is 5.83. The highest BCUT2D eigenvalue weighted by Gasteiger charge is 2.32. The molecule has 0 heterocycles. The fourth-order valence-corrected chi connectivity index (χ4v) is 9.14. The van der Waals surface area contributed by atoms with Gasteiger partial charge >= 0.3 is 0 Å². The Kier molecular flexibility index (Phi) is 11.3. The Morgan fingerprint density at radius 1 is 0.375 bits per heavy atom. The third-order valence-electron chi connectivity index (χ3n) is 12.8. The molecule has 8 aromatic rings. The van der Waals surface area contributed by atoms with Crippen molar-refractivity contribution < 1.29 is 0 Å². The maximum absolute atomic E-state index is 2.50. The van der Waals surface area contributed by atoms with Crippen molar-refractivity contribution in [2.24, 2.45) is 5.92 Å². The molecule has 0 bridgehead atoms. The van der Waals surface area contributed by atoms with Crippen LogP contribution in [-0.4, -0.2) is 5.54 Å². The maximum Gasteiger partial charge on any atom is 0.0643 e. The molecular formula is C62H52N2. The number of benzene rings is 8. The average Bonchev–Trinajstić information content (AvgIpc) is 3.36. The summed E-state index contributed by atoms with van der Waals surface area (Å²) in [6.07, 6.45) is 16.0. The largest absolute Gasteiger partial charge is 0.332 e. The molecule has 310 valence electrons. The van der Waals surface area contributed by atoms with Crippen molar-refractivity contribution in [1.82, 2.24) is 0 Å². The minimum atomic E-state index is -0.278. The third-order valence-corrected chi connectivity index (χ3v) is 12.8. The second-order valence-corrected chi connectivity index (χ2v) is 17.3. The van der Waals surface area contributed by atoms with Crippen molar-refractivity contribution in [3.05, 3.63) is 260 Å². The minimum absolute atomic E-state index is 0.278. The first-order valence-corrected chi connectivity index (χ1v) is 22.5. The Morgan fingerprint density at radius 3 is 1.09 bits per heavy atom. The van der Waals surface area contributed by atoms with Crippen LogP contribution in [0.15, 0.2) is 249 Å². The van der Waals surface area contributed by atoms with Gasteiger partial charge in [-0.1, -0.05) is 195 Å². The summed E-state index contributed by atoms with van der Waals surface area (Å²) >= 11 is 0. The van der Waals surface area contributed by atoms with Gasteiger partial charge in [0.2, 0.25) is 0 Å². The highest BCUT2D eigenvalue weighted by atomic mass is 15.2. The zero-order chi connectivity index (χ0) is 43.3. The summed E-state index contributed by atoms with van der Waals surface area (Å²) in [6.45, 7) is 4.61. The molecule has 2 aliphatic carbocycles. The van der Waals surface area contributed by atoms with Gasteiger partial charge in [0, 0.05) is 28.4 Å². The van der Waals surface area contributed by atoms with Gasteiger partial charge in [-0.05, 0) is 142 Å². The molecule has 0 spiro atoms. The van der Waals surface area contributed by atoms with Gasteiger partial charge in [0.1, 0.15) is 0 Å². The summed E-state index contributed by atoms with van der Waals surface area (Å²) < 4.78 is 0. The number of hydrogen-bond donors (Lipinski definition) is 0. The van der Waals surface area contributed by atoms with E-state index in [2.05, 4.69) is 272 Å². The Bertz CT molecular complexity index is 2940. The van der Waals surface area contributed by atoms with E-state index < -0.39 is 0 Å². The summed E-state index contributed by atoms with van der Waals surface area (Å²) in [5.74, 6) is 0.589. The lowest BCUT2D eigenvalue weighted by atomic mass is 9.85. The van der Waals surface area contributed by atoms with Crippen molar-refractivity contribution in [2.75, 3.05) is 9.80 Å². The van der Waals surface area contributed by atoms with Crippen molar-refractivity contribution in [3.8, 4) is 33.4 Å². The van der Waals surface area contributed by atoms with Gasteiger partial charge in [-0.2, -0.15) is 0 Å². The van der Waals surface area contributed by atoms with E-state index in [1.165, 1.54) is 55.7 Å². The van der Waals surface area contributed by atoms with Crippen LogP contribution in [0.3, 0.4) is 0 Å². The molecule has 2 aliphatic rings. The van der Waals surface area contributed by atoms with Gasteiger partial charge < -0.3 is 9.80 Å². The van der Waals surface area contributed by atoms with E-state index in [1.807, 2.05) is 0 Å². The molecule has 64 heavy (non-hydrogen) atoms. The van der Waals surface area contributed by atoms with Crippen LogP contribution in [0, 0.1) is 5.92 Å². The first-order chi connectivity index (χ1) is 31.5. The molecule has 2 nitrogen and oxygen atoms in total. The third kappa shape index (κ3) is 8.56. The van der Waals surface area contributed by atoms with Gasteiger partial charge in [-0.25, -0.2) is 0 Å². The highest BCUT2D eigenvalue weighted by Crippen LogP contribution is 2.42. The zero-order valence-corrected chi connectivity index (χ0v) is 36.6. The molecule has 2 unspecified atom stereocenters. The monoisotopic (exact) mass is 824 g/mol. The smallest absolute Gasteiger partial charge is 0.0643 e. The molecule has 0 N–H and O–H groups in total. The fraction of sp³-hybridized carbons (Fsp3) is 0.0968. The van der Waals surface area contributed by atoms with Crippen molar-refractivity contribution in [2.45, 2.75) is 32.2 Å². The van der Waals surface area contributed by atoms with E-state index >= 15 is 0 Å². The van der Waals surface area contributed by atoms with Gasteiger partial charge in [0.25, 0.3) is 0 Å². The van der Waals surface area contributed by atoms with Crippen LogP contribution in [0.1, 0.15) is 37.8 Å². The van der Waals surface area contributed by atoms with E-state index in [0.29, 0.717) is 5.92 Å². The van der Waals surface area contributed by atoms with E-state index in [4.69, 9.17) is 0 Å². The molecular weight excluding hydrogens is 773 g/mol. The molecule has 0 saturated heterocycles. The Balaban J connectivity index is 0.953. The molecule has 0 radical (unpaired) electrons. The van der Waals surface area contributed by atoms with Crippen LogP contribution in [0.4, 0.5) is 28.4 Å². The lowest BCUT2D eigenvalue weighted by molar-refractivity contribution is 0.571. The minimum Gasteiger partial charge on any atom is -0.332 e. The zero-order valence-electron chi connectivity index (χ0n) is 36.6. The molecule has 0 saturated carbocycles. The number of anilines is 5. The normalized spacial score (nSPS) is 16.8. The molecule has 10 rings (SSSR count). The molecule has 0 fully saturated rings. The lowest BCUT2D eigenvalue weighted by Crippen LogP contribution is -2.42. The van der Waals surface area contributed by atoms with E-state index in [1.54, 1.807) is 0 Å². The summed E-state index contributed by atoms with van der Waals surface area (Å²) in [5, 5.41) is 0. The van der Waals surface area contributed by atoms with Gasteiger partial charge in [-0.3, -0.25) is 0 Å². The van der Waals surface area contributed by atoms with Crippen LogP contribution < -0.4 is 9.80 Å². The van der Waals surface area contributed by atoms with Gasteiger partial charge in [0.15, 0.2) is 0 Å². The lowest BCUT2D eigenvalue weighted by Gasteiger charge is -2.42. The van der Waals surface area contributed by atoms with Crippen LogP contribution in [0.2, 0.25) is 0 Å². The van der Waals surface area contributed by atoms with Gasteiger partial charge in [0.05, 0.1) is 5.54 Å². The second-order valence-electron chi connectivity index (χ2n) is 17.3. The Labute approximate surface area is 379 Å². The van der Waals surface area contributed by atoms with E-state index in [-0.39, 0.29) is 5.54 Å². The standard InChI is InChI=1S/C62H52N2/c1-46-18-20-50(21-19-46)53-24-34-58(35-25-53)63(57-32-22-51(23-33-57)47-12-6-3-7-13-47)59-36-26-54(27-37-59)55-30-40-61(41-31-55)64(60-38-28-52(29-39-60)48-14-8-4-9-15-48)62(2)44-42-56(43-45-62)49-16-10-5-11-17-49/h3-18,20-44,46H,19,45H2,1-2H3. The number of rotatable bonds is 11. The quantitative estimate of drug-likeness (QED) is 0.128. The van der Waals surface area contributed by atoms with Crippen molar-refractivity contribution in [1.29, 1.82) is 0 Å². The molecule has 8 aromatic carbocycles. The van der Waals surface area contributed by atoms with Crippen LogP contribution in [-0.2, 0) is 0 Å². The fourth-order valence-electron chi connectivity index (χ4n) is 9.14. The first-order valence-electron chi connectivity index (χ1n) is 22.5. The summed E-state index contributed by atoms with van der Waals surface area (Å²) in [4.78, 5) is 4.85. The van der Waals surface area contributed by atoms with E-state index in [9.17, 15) is 0 Å². The summed E-state index contributed by atoms with van der Waals surface area (Å²) in [7, 11) is 0. The SMILES string of the molecule is CC1C=CC(c2ccc(N(c3ccc(-c4ccccc4)cc3)c3ccc(-c4ccc(N(c5ccc(-c6ccccc6)cc5)C5(C)C=CC(c6ccccc6)=CC5)cc4)cc3)cc2)=CC1. The Morgan fingerprint density at radius 2 is 0.719 bits per heavy atom. The average molecular weight is 825 g/mol. The van der Waals surface area contributed by atoms with Crippen LogP contribution >= 0.6 is 0 Å². The molecule has 2 heteroatoms. The maximum atomic E-state index is 2.50. The molecule has 2 atom stereocenters. The van der Waals surface area contributed by atoms with E-state index in [0.717, 1.165) is 41.3 Å². The molecule has 0 amide bonds. The van der Waals surface area contributed by atoms with Crippen molar-refractivity contribution >= 4 is 39.6 Å². The number of hydrogen-bond acceptors (Lipinski definition) is 2. The predicted octanol–water partition coefficient (Wildman–Crippen LogP) is 17.1. The van der Waals surface area contributed by atoms with Gasteiger partial charge in [-0.15, -0.1) is 0 Å². The van der Waals surface area contributed by atoms with Crippen LogP contribution in [0.5, 0.6) is 0 Å². The molecule has 0 aromatic heterocycles. The number of allylic oxidation sites excluding steroid dienone is 6. The Hall–Kier alpha value is -7.68. The summed E-state index contributed by atoms with van der Waals surface area (Å²) in [6, 6.07) is 77.0. The topological polar surface area (TPSA) is 6.48 Å². The molecule has 0 aliphatic heterocycles. The summed E-state index contributed by atoms with van der Waals surface area (Å²) in [5.41, 5.74) is 17.6. The number of nitrogens with zero attached hydrogens (tertiary/aromatic N) is 2. The van der Waals surface area contributed by atoms with Crippen molar-refractivity contribution in [3.63, 3.8) is 0 Å².